The SMILES string of the molecule is COc1cc(C(=O)OCC(=O)N2C[C@H](C)C[C@@H](C)C2)ccc1OCC(=O)Nc1ccc(F)cc1. The second-order valence-corrected chi connectivity index (χ2v) is 8.53. The maximum absolute atomic E-state index is 13.0. The number of esters is 1. The Hall–Kier alpha value is -3.62. The standard InChI is InChI=1S/C25H29FN2O6/c1-16-10-17(2)13-28(12-16)24(30)15-34-25(31)18-4-9-21(22(11-18)32-3)33-14-23(29)27-20-7-5-19(26)6-8-20/h4-9,11,16-17H,10,12-15H2,1-3H3,(H,27,29)/t16-,17-/m1/s1. The minimum atomic E-state index is -0.662. The van der Waals surface area contributed by atoms with Crippen molar-refractivity contribution in [2.75, 3.05) is 38.7 Å². The molecule has 0 bridgehead atoms. The normalized spacial score (nSPS) is 17.6. The Morgan fingerprint density at radius 1 is 1.00 bits per heavy atom. The zero-order chi connectivity index (χ0) is 24.7. The molecule has 2 amide bonds. The van der Waals surface area contributed by atoms with Crippen LogP contribution in [0.2, 0.25) is 0 Å². The molecule has 182 valence electrons. The van der Waals surface area contributed by atoms with Crippen LogP contribution < -0.4 is 14.8 Å². The first kappa shape index (κ1) is 25.0. The zero-order valence-electron chi connectivity index (χ0n) is 19.5. The van der Waals surface area contributed by atoms with E-state index in [4.69, 9.17) is 14.2 Å². The van der Waals surface area contributed by atoms with Crippen LogP contribution in [0.3, 0.4) is 0 Å². The van der Waals surface area contributed by atoms with Crippen LogP contribution in [0.25, 0.3) is 0 Å². The molecule has 1 N–H and O–H groups in total. The average Bonchev–Trinajstić information content (AvgIpc) is 2.81. The highest BCUT2D eigenvalue weighted by atomic mass is 19.1. The molecular formula is C25H29FN2O6. The van der Waals surface area contributed by atoms with Crippen LogP contribution in [0.15, 0.2) is 42.5 Å². The fourth-order valence-electron chi connectivity index (χ4n) is 3.96. The second-order valence-electron chi connectivity index (χ2n) is 8.53. The maximum Gasteiger partial charge on any atom is 0.338 e. The fraction of sp³-hybridized carbons (Fsp3) is 0.400. The highest BCUT2D eigenvalue weighted by molar-refractivity contribution is 5.93. The zero-order valence-corrected chi connectivity index (χ0v) is 19.5. The molecule has 2 aromatic carbocycles. The van der Waals surface area contributed by atoms with Gasteiger partial charge >= 0.3 is 5.97 Å². The van der Waals surface area contributed by atoms with Gasteiger partial charge < -0.3 is 24.4 Å². The van der Waals surface area contributed by atoms with Crippen LogP contribution in [0.1, 0.15) is 30.6 Å². The smallest absolute Gasteiger partial charge is 0.338 e. The predicted molar refractivity (Wildman–Crippen MR) is 123 cm³/mol. The van der Waals surface area contributed by atoms with Crippen molar-refractivity contribution >= 4 is 23.5 Å². The Morgan fingerprint density at radius 3 is 2.32 bits per heavy atom. The molecule has 1 fully saturated rings. The fourth-order valence-corrected chi connectivity index (χ4v) is 3.96. The van der Waals surface area contributed by atoms with Gasteiger partial charge in [0, 0.05) is 18.8 Å². The molecule has 2 aromatic rings. The van der Waals surface area contributed by atoms with Crippen LogP contribution in [0.5, 0.6) is 11.5 Å². The van der Waals surface area contributed by atoms with Gasteiger partial charge in [-0.05, 0) is 60.7 Å². The number of hydrogen-bond acceptors (Lipinski definition) is 6. The lowest BCUT2D eigenvalue weighted by molar-refractivity contribution is -0.137. The molecule has 0 spiro atoms. The van der Waals surface area contributed by atoms with Crippen LogP contribution in [0, 0.1) is 17.7 Å². The first-order chi connectivity index (χ1) is 16.2. The molecule has 1 heterocycles. The number of rotatable bonds is 8. The van der Waals surface area contributed by atoms with E-state index in [-0.39, 0.29) is 36.2 Å². The minimum absolute atomic E-state index is 0.188. The highest BCUT2D eigenvalue weighted by Gasteiger charge is 2.26. The van der Waals surface area contributed by atoms with Gasteiger partial charge in [0.25, 0.3) is 11.8 Å². The number of methoxy groups -OCH3 is 1. The Bertz CT molecular complexity index is 1020. The number of halogens is 1. The molecule has 0 unspecified atom stereocenters. The van der Waals surface area contributed by atoms with Gasteiger partial charge in [0.2, 0.25) is 0 Å². The first-order valence-corrected chi connectivity index (χ1v) is 11.1. The number of nitrogens with zero attached hydrogens (tertiary/aromatic N) is 1. The van der Waals surface area contributed by atoms with Crippen LogP contribution in [-0.2, 0) is 14.3 Å². The van der Waals surface area contributed by atoms with Gasteiger partial charge in [-0.1, -0.05) is 13.8 Å². The van der Waals surface area contributed by atoms with Crippen molar-refractivity contribution < 1.29 is 33.0 Å². The van der Waals surface area contributed by atoms with E-state index in [0.717, 1.165) is 6.42 Å². The third kappa shape index (κ3) is 6.94. The van der Waals surface area contributed by atoms with Gasteiger partial charge in [-0.25, -0.2) is 9.18 Å². The Kier molecular flexibility index (Phi) is 8.45. The van der Waals surface area contributed by atoms with Crippen molar-refractivity contribution in [1.29, 1.82) is 0 Å². The number of nitrogens with one attached hydrogen (secondary N) is 1. The van der Waals surface area contributed by atoms with Crippen molar-refractivity contribution in [2.45, 2.75) is 20.3 Å². The summed E-state index contributed by atoms with van der Waals surface area (Å²) in [6, 6.07) is 9.71. The number of likely N-dealkylation sites (tertiary alicyclic amines) is 1. The highest BCUT2D eigenvalue weighted by Crippen LogP contribution is 2.28. The van der Waals surface area contributed by atoms with Crippen molar-refractivity contribution in [3.63, 3.8) is 0 Å². The van der Waals surface area contributed by atoms with E-state index in [1.165, 1.54) is 49.6 Å². The largest absolute Gasteiger partial charge is 0.493 e. The van der Waals surface area contributed by atoms with Crippen LogP contribution in [-0.4, -0.2) is 56.1 Å². The van der Waals surface area contributed by atoms with E-state index in [2.05, 4.69) is 19.2 Å². The van der Waals surface area contributed by atoms with E-state index < -0.39 is 17.7 Å². The van der Waals surface area contributed by atoms with Gasteiger partial charge in [0.05, 0.1) is 12.7 Å². The van der Waals surface area contributed by atoms with E-state index >= 15 is 0 Å². The Labute approximate surface area is 198 Å². The molecule has 9 heteroatoms. The number of amides is 2. The summed E-state index contributed by atoms with van der Waals surface area (Å²) in [7, 11) is 1.40. The van der Waals surface area contributed by atoms with Gasteiger partial charge in [-0.3, -0.25) is 9.59 Å². The molecule has 0 radical (unpaired) electrons. The summed E-state index contributed by atoms with van der Waals surface area (Å²) in [6.45, 7) is 4.88. The van der Waals surface area contributed by atoms with E-state index in [0.29, 0.717) is 30.6 Å². The summed E-state index contributed by atoms with van der Waals surface area (Å²) in [4.78, 5) is 38.7. The third-order valence-corrected chi connectivity index (χ3v) is 5.43. The summed E-state index contributed by atoms with van der Waals surface area (Å²) in [6.07, 6.45) is 1.08. The van der Waals surface area contributed by atoms with Crippen molar-refractivity contribution in [2.24, 2.45) is 11.8 Å². The number of benzene rings is 2. The van der Waals surface area contributed by atoms with Crippen molar-refractivity contribution in [3.05, 3.63) is 53.8 Å². The topological polar surface area (TPSA) is 94.2 Å². The second kappa shape index (κ2) is 11.5. The van der Waals surface area contributed by atoms with Crippen LogP contribution in [0.4, 0.5) is 10.1 Å². The average molecular weight is 473 g/mol. The first-order valence-electron chi connectivity index (χ1n) is 11.1. The lowest BCUT2D eigenvalue weighted by atomic mass is 9.92. The molecule has 1 aliphatic rings. The van der Waals surface area contributed by atoms with Crippen molar-refractivity contribution in [3.8, 4) is 11.5 Å². The number of anilines is 1. The molecule has 1 saturated heterocycles. The Balaban J connectivity index is 1.53. The summed E-state index contributed by atoms with van der Waals surface area (Å²) in [5.41, 5.74) is 0.621. The molecule has 0 aromatic heterocycles. The van der Waals surface area contributed by atoms with E-state index in [1.807, 2.05) is 0 Å². The number of carbonyl (C=O) groups excluding carboxylic acids is 3. The summed E-state index contributed by atoms with van der Waals surface area (Å²) in [5, 5.41) is 2.58. The number of hydrogen-bond donors (Lipinski definition) is 1. The number of piperidine rings is 1. The number of ether oxygens (including phenoxy) is 3. The monoisotopic (exact) mass is 472 g/mol. The molecule has 2 atom stereocenters. The molecule has 1 aliphatic heterocycles. The van der Waals surface area contributed by atoms with Gasteiger partial charge in [0.1, 0.15) is 5.82 Å². The molecule has 8 nitrogen and oxygen atoms in total. The van der Waals surface area contributed by atoms with Crippen molar-refractivity contribution in [1.82, 2.24) is 4.90 Å². The third-order valence-electron chi connectivity index (χ3n) is 5.43. The maximum atomic E-state index is 13.0. The summed E-state index contributed by atoms with van der Waals surface area (Å²) >= 11 is 0. The Morgan fingerprint density at radius 2 is 1.68 bits per heavy atom. The predicted octanol–water partition coefficient (Wildman–Crippen LogP) is 3.51. The van der Waals surface area contributed by atoms with E-state index in [1.54, 1.807) is 4.90 Å². The molecular weight excluding hydrogens is 443 g/mol. The van der Waals surface area contributed by atoms with Crippen LogP contribution >= 0.6 is 0 Å². The quantitative estimate of drug-likeness (QED) is 0.591. The molecule has 3 rings (SSSR count). The van der Waals surface area contributed by atoms with Gasteiger partial charge in [-0.2, -0.15) is 0 Å². The van der Waals surface area contributed by atoms with Gasteiger partial charge in [-0.15, -0.1) is 0 Å². The summed E-state index contributed by atoms with van der Waals surface area (Å²) in [5.74, 6) is -0.420. The lowest BCUT2D eigenvalue weighted by Crippen LogP contribution is -2.44. The molecule has 34 heavy (non-hydrogen) atoms. The van der Waals surface area contributed by atoms with E-state index in [9.17, 15) is 18.8 Å². The minimum Gasteiger partial charge on any atom is -0.493 e. The molecule has 0 saturated carbocycles. The number of carbonyl (C=O) groups is 3. The summed E-state index contributed by atoms with van der Waals surface area (Å²) < 4.78 is 28.9. The lowest BCUT2D eigenvalue weighted by Gasteiger charge is -2.34. The van der Waals surface area contributed by atoms with Gasteiger partial charge in [0.15, 0.2) is 24.7 Å². The molecule has 0 aliphatic carbocycles.